The fourth-order valence-corrected chi connectivity index (χ4v) is 1.97. The van der Waals surface area contributed by atoms with E-state index in [0.717, 1.165) is 18.7 Å². The van der Waals surface area contributed by atoms with Gasteiger partial charge in [-0.25, -0.2) is 0 Å². The van der Waals surface area contributed by atoms with Crippen molar-refractivity contribution in [1.82, 2.24) is 4.90 Å². The maximum Gasteiger partial charge on any atom is 0.308 e. The van der Waals surface area contributed by atoms with Crippen LogP contribution in [0.15, 0.2) is 30.3 Å². The van der Waals surface area contributed by atoms with E-state index in [1.807, 2.05) is 37.4 Å². The molecule has 0 aromatic heterocycles. The number of hydrogen-bond acceptors (Lipinski definition) is 4. The Hall–Kier alpha value is -1.39. The molecule has 2 rings (SSSR count). The number of carbonyl (C=O) groups is 1. The molecule has 1 aromatic carbocycles. The zero-order valence-electron chi connectivity index (χ0n) is 10.7. The van der Waals surface area contributed by atoms with E-state index in [9.17, 15) is 4.79 Å². The van der Waals surface area contributed by atoms with E-state index >= 15 is 0 Å². The molecule has 0 amide bonds. The number of benzene rings is 1. The summed E-state index contributed by atoms with van der Waals surface area (Å²) in [6.07, 6.45) is 0.295. The van der Waals surface area contributed by atoms with Gasteiger partial charge >= 0.3 is 5.97 Å². The average molecular weight is 249 g/mol. The van der Waals surface area contributed by atoms with Crippen molar-refractivity contribution in [2.45, 2.75) is 19.1 Å². The molecule has 1 atom stereocenters. The van der Waals surface area contributed by atoms with Crippen LogP contribution in [0.2, 0.25) is 0 Å². The van der Waals surface area contributed by atoms with Gasteiger partial charge in [-0.15, -0.1) is 0 Å². The van der Waals surface area contributed by atoms with Crippen molar-refractivity contribution in [2.24, 2.45) is 0 Å². The van der Waals surface area contributed by atoms with Gasteiger partial charge in [-0.1, -0.05) is 30.3 Å². The smallest absolute Gasteiger partial charge is 0.308 e. The molecule has 0 spiro atoms. The summed E-state index contributed by atoms with van der Waals surface area (Å²) in [4.78, 5) is 13.8. The SMILES string of the molecule is CN1CCO[C@H](CC(=O)OCc2ccccc2)C1. The van der Waals surface area contributed by atoms with Crippen LogP contribution in [-0.4, -0.2) is 43.7 Å². The van der Waals surface area contributed by atoms with Crippen LogP contribution >= 0.6 is 0 Å². The second kappa shape index (κ2) is 6.52. The van der Waals surface area contributed by atoms with Crippen molar-refractivity contribution in [3.8, 4) is 0 Å². The standard InChI is InChI=1S/C14H19NO3/c1-15-7-8-17-13(10-15)9-14(16)18-11-12-5-3-2-4-6-12/h2-6,13H,7-11H2,1H3/t13-/m1/s1. The summed E-state index contributed by atoms with van der Waals surface area (Å²) in [6.45, 7) is 2.74. The van der Waals surface area contributed by atoms with Gasteiger partial charge in [0.15, 0.2) is 0 Å². The first-order valence-corrected chi connectivity index (χ1v) is 6.24. The minimum Gasteiger partial charge on any atom is -0.461 e. The number of ether oxygens (including phenoxy) is 2. The highest BCUT2D eigenvalue weighted by atomic mass is 16.5. The quantitative estimate of drug-likeness (QED) is 0.757. The minimum absolute atomic E-state index is 0.0352. The van der Waals surface area contributed by atoms with Gasteiger partial charge in [0.25, 0.3) is 0 Å². The van der Waals surface area contributed by atoms with E-state index in [0.29, 0.717) is 19.6 Å². The van der Waals surface area contributed by atoms with Crippen molar-refractivity contribution >= 4 is 5.97 Å². The minimum atomic E-state index is -0.195. The Balaban J connectivity index is 1.72. The van der Waals surface area contributed by atoms with E-state index in [1.54, 1.807) is 0 Å². The van der Waals surface area contributed by atoms with E-state index in [1.165, 1.54) is 0 Å². The molecular weight excluding hydrogens is 230 g/mol. The number of carbonyl (C=O) groups excluding carboxylic acids is 1. The largest absolute Gasteiger partial charge is 0.461 e. The number of morpholine rings is 1. The molecule has 0 N–H and O–H groups in total. The zero-order valence-corrected chi connectivity index (χ0v) is 10.7. The molecular formula is C14H19NO3. The van der Waals surface area contributed by atoms with Crippen molar-refractivity contribution in [2.75, 3.05) is 26.7 Å². The highest BCUT2D eigenvalue weighted by Crippen LogP contribution is 2.09. The summed E-state index contributed by atoms with van der Waals surface area (Å²) in [7, 11) is 2.03. The molecule has 0 saturated carbocycles. The molecule has 18 heavy (non-hydrogen) atoms. The highest BCUT2D eigenvalue weighted by molar-refractivity contribution is 5.70. The molecule has 0 bridgehead atoms. The van der Waals surface area contributed by atoms with Crippen LogP contribution in [0.3, 0.4) is 0 Å². The number of hydrogen-bond donors (Lipinski definition) is 0. The van der Waals surface area contributed by atoms with E-state index < -0.39 is 0 Å². The second-order valence-corrected chi connectivity index (χ2v) is 4.61. The number of rotatable bonds is 4. The third-order valence-electron chi connectivity index (χ3n) is 2.98. The molecule has 4 nitrogen and oxygen atoms in total. The third-order valence-corrected chi connectivity index (χ3v) is 2.98. The molecule has 1 fully saturated rings. The lowest BCUT2D eigenvalue weighted by molar-refractivity contribution is -0.149. The zero-order chi connectivity index (χ0) is 12.8. The lowest BCUT2D eigenvalue weighted by atomic mass is 10.2. The molecule has 1 aliphatic heterocycles. The van der Waals surface area contributed by atoms with Gasteiger partial charge in [0.2, 0.25) is 0 Å². The molecule has 1 aromatic rings. The number of esters is 1. The van der Waals surface area contributed by atoms with Gasteiger partial charge < -0.3 is 14.4 Å². The maximum absolute atomic E-state index is 11.7. The Kier molecular flexibility index (Phi) is 4.73. The van der Waals surface area contributed by atoms with Crippen molar-refractivity contribution in [1.29, 1.82) is 0 Å². The number of likely N-dealkylation sites (N-methyl/N-ethyl adjacent to an activating group) is 1. The van der Waals surface area contributed by atoms with E-state index in [-0.39, 0.29) is 12.1 Å². The van der Waals surface area contributed by atoms with Crippen LogP contribution in [0.4, 0.5) is 0 Å². The van der Waals surface area contributed by atoms with E-state index in [2.05, 4.69) is 4.90 Å². The van der Waals surface area contributed by atoms with Crippen molar-refractivity contribution in [3.05, 3.63) is 35.9 Å². The molecule has 0 radical (unpaired) electrons. The Morgan fingerprint density at radius 1 is 1.44 bits per heavy atom. The van der Waals surface area contributed by atoms with Gasteiger partial charge in [0.1, 0.15) is 6.61 Å². The predicted octanol–water partition coefficient (Wildman–Crippen LogP) is 1.45. The summed E-state index contributed by atoms with van der Waals surface area (Å²) in [6, 6.07) is 9.69. The monoisotopic (exact) mass is 249 g/mol. The molecule has 0 unspecified atom stereocenters. The second-order valence-electron chi connectivity index (χ2n) is 4.61. The summed E-state index contributed by atoms with van der Waals surface area (Å²) >= 11 is 0. The first kappa shape index (κ1) is 13.1. The summed E-state index contributed by atoms with van der Waals surface area (Å²) in [5.74, 6) is -0.195. The lowest BCUT2D eigenvalue weighted by Crippen LogP contribution is -2.41. The predicted molar refractivity (Wildman–Crippen MR) is 68.1 cm³/mol. The van der Waals surface area contributed by atoms with Crippen LogP contribution in [-0.2, 0) is 20.9 Å². The van der Waals surface area contributed by atoms with Crippen LogP contribution in [0.1, 0.15) is 12.0 Å². The summed E-state index contributed by atoms with van der Waals surface area (Å²) in [5.41, 5.74) is 1.01. The maximum atomic E-state index is 11.7. The van der Waals surface area contributed by atoms with Crippen LogP contribution in [0.5, 0.6) is 0 Å². The molecule has 0 aliphatic carbocycles. The lowest BCUT2D eigenvalue weighted by Gasteiger charge is -2.29. The van der Waals surface area contributed by atoms with Crippen LogP contribution < -0.4 is 0 Å². The number of nitrogens with zero attached hydrogens (tertiary/aromatic N) is 1. The summed E-state index contributed by atoms with van der Waals surface area (Å²) < 4.78 is 10.8. The molecule has 1 saturated heterocycles. The van der Waals surface area contributed by atoms with Gasteiger partial charge in [-0.05, 0) is 12.6 Å². The van der Waals surface area contributed by atoms with Gasteiger partial charge in [-0.2, -0.15) is 0 Å². The Morgan fingerprint density at radius 3 is 2.94 bits per heavy atom. The van der Waals surface area contributed by atoms with Gasteiger partial charge in [-0.3, -0.25) is 4.79 Å². The molecule has 98 valence electrons. The molecule has 1 heterocycles. The highest BCUT2D eigenvalue weighted by Gasteiger charge is 2.21. The van der Waals surface area contributed by atoms with Crippen molar-refractivity contribution in [3.63, 3.8) is 0 Å². The van der Waals surface area contributed by atoms with Crippen LogP contribution in [0, 0.1) is 0 Å². The van der Waals surface area contributed by atoms with Gasteiger partial charge in [0.05, 0.1) is 19.1 Å². The Labute approximate surface area is 107 Å². The molecule has 4 heteroatoms. The topological polar surface area (TPSA) is 38.8 Å². The molecule has 1 aliphatic rings. The van der Waals surface area contributed by atoms with Crippen molar-refractivity contribution < 1.29 is 14.3 Å². The first-order valence-electron chi connectivity index (χ1n) is 6.24. The third kappa shape index (κ3) is 4.13. The normalized spacial score (nSPS) is 20.6. The van der Waals surface area contributed by atoms with Gasteiger partial charge in [0, 0.05) is 13.1 Å². The Bertz CT molecular complexity index is 380. The Morgan fingerprint density at radius 2 is 2.22 bits per heavy atom. The fourth-order valence-electron chi connectivity index (χ4n) is 1.97. The summed E-state index contributed by atoms with van der Waals surface area (Å²) in [5, 5.41) is 0. The average Bonchev–Trinajstić information content (AvgIpc) is 2.38. The van der Waals surface area contributed by atoms with Crippen LogP contribution in [0.25, 0.3) is 0 Å². The van der Waals surface area contributed by atoms with E-state index in [4.69, 9.17) is 9.47 Å². The first-order chi connectivity index (χ1) is 8.74. The fraction of sp³-hybridized carbons (Fsp3) is 0.500.